The van der Waals surface area contributed by atoms with Gasteiger partial charge in [-0.25, -0.2) is 19.2 Å². The van der Waals surface area contributed by atoms with Crippen LogP contribution in [0.15, 0.2) is 25.3 Å². The van der Waals surface area contributed by atoms with Crippen molar-refractivity contribution in [1.29, 1.82) is 0 Å². The molecule has 2 rings (SSSR count). The lowest BCUT2D eigenvalue weighted by atomic mass is 9.87. The Balaban J connectivity index is 1.58. The van der Waals surface area contributed by atoms with Gasteiger partial charge in [0.25, 0.3) is 0 Å². The van der Waals surface area contributed by atoms with Crippen molar-refractivity contribution in [2.24, 2.45) is 23.7 Å². The summed E-state index contributed by atoms with van der Waals surface area (Å²) in [6, 6.07) is 0. The maximum absolute atomic E-state index is 11.8. The van der Waals surface area contributed by atoms with Crippen LogP contribution >= 0.6 is 0 Å². The summed E-state index contributed by atoms with van der Waals surface area (Å²) in [7, 11) is 0. The van der Waals surface area contributed by atoms with Crippen molar-refractivity contribution in [2.45, 2.75) is 25.7 Å². The smallest absolute Gasteiger partial charge is 0.407 e. The minimum absolute atomic E-state index is 0.0100. The molecule has 0 spiro atoms. The molecule has 0 aromatic heterocycles. The minimum Gasteiger partial charge on any atom is -0.459 e. The van der Waals surface area contributed by atoms with Crippen LogP contribution in [-0.2, 0) is 28.5 Å². The van der Waals surface area contributed by atoms with E-state index in [-0.39, 0.29) is 26.4 Å². The molecule has 0 aliphatic heterocycles. The highest BCUT2D eigenvalue weighted by molar-refractivity contribution is 5.81. The largest absolute Gasteiger partial charge is 0.459 e. The molecule has 4 atom stereocenters. The van der Waals surface area contributed by atoms with Gasteiger partial charge in [0, 0.05) is 25.2 Å². The molecule has 2 N–H and O–H groups in total. The fraction of sp³-hybridized carbons (Fsp3) is 0.636. The number of nitrogens with one attached hydrogen (secondary N) is 2. The average molecular weight is 453 g/mol. The molecule has 32 heavy (non-hydrogen) atoms. The van der Waals surface area contributed by atoms with Gasteiger partial charge in [-0.1, -0.05) is 13.2 Å². The van der Waals surface area contributed by atoms with Gasteiger partial charge >= 0.3 is 24.1 Å². The normalized spacial score (nSPS) is 23.0. The predicted molar refractivity (Wildman–Crippen MR) is 113 cm³/mol. The van der Waals surface area contributed by atoms with Crippen LogP contribution in [0.2, 0.25) is 0 Å². The average Bonchev–Trinajstić information content (AvgIpc) is 3.34. The van der Waals surface area contributed by atoms with Crippen LogP contribution in [0.25, 0.3) is 0 Å². The molecule has 0 saturated heterocycles. The van der Waals surface area contributed by atoms with Crippen molar-refractivity contribution >= 4 is 24.1 Å². The van der Waals surface area contributed by atoms with E-state index in [1.165, 1.54) is 6.42 Å². The van der Waals surface area contributed by atoms with Crippen LogP contribution in [0.5, 0.6) is 0 Å². The first-order chi connectivity index (χ1) is 15.4. The Morgan fingerprint density at radius 3 is 1.97 bits per heavy atom. The summed E-state index contributed by atoms with van der Waals surface area (Å²) in [5, 5.41) is 5.53. The highest BCUT2D eigenvalue weighted by atomic mass is 16.6. The lowest BCUT2D eigenvalue weighted by Gasteiger charge is -2.22. The lowest BCUT2D eigenvalue weighted by Crippen LogP contribution is -2.33. The Kier molecular flexibility index (Phi) is 10.6. The van der Waals surface area contributed by atoms with Gasteiger partial charge in [-0.15, -0.1) is 0 Å². The number of amides is 2. The van der Waals surface area contributed by atoms with Crippen LogP contribution in [0.4, 0.5) is 9.59 Å². The molecule has 0 radical (unpaired) electrons. The summed E-state index contributed by atoms with van der Waals surface area (Å²) >= 11 is 0. The zero-order chi connectivity index (χ0) is 23.3. The summed E-state index contributed by atoms with van der Waals surface area (Å²) < 4.78 is 19.4. The van der Waals surface area contributed by atoms with Crippen LogP contribution in [0, 0.1) is 23.7 Å². The SMILES string of the molecule is C=CC(=O)OCCOC(=O)NCCC1C2CCC1[C@H](CNC(=O)OCCOC(=O)C=C)C2. The molecule has 0 aromatic rings. The first-order valence-electron chi connectivity index (χ1n) is 10.8. The number of rotatable bonds is 13. The molecule has 2 amide bonds. The van der Waals surface area contributed by atoms with Crippen LogP contribution in [0.1, 0.15) is 25.7 Å². The van der Waals surface area contributed by atoms with E-state index in [4.69, 9.17) is 18.9 Å². The molecule has 2 aliphatic carbocycles. The topological polar surface area (TPSA) is 129 Å². The Morgan fingerprint density at radius 2 is 1.38 bits per heavy atom. The molecule has 0 aromatic carbocycles. The minimum atomic E-state index is -0.558. The van der Waals surface area contributed by atoms with Gasteiger partial charge in [-0.05, 0) is 49.4 Å². The van der Waals surface area contributed by atoms with E-state index in [2.05, 4.69) is 23.8 Å². The number of hydrogen-bond donors (Lipinski definition) is 2. The van der Waals surface area contributed by atoms with Gasteiger partial charge in [0.1, 0.15) is 26.4 Å². The van der Waals surface area contributed by atoms with Crippen molar-refractivity contribution in [3.8, 4) is 0 Å². The molecule has 3 unspecified atom stereocenters. The lowest BCUT2D eigenvalue weighted by molar-refractivity contribution is -0.139. The molecule has 178 valence electrons. The van der Waals surface area contributed by atoms with Crippen molar-refractivity contribution < 1.29 is 38.1 Å². The molecule has 2 aliphatic rings. The number of hydrogen-bond acceptors (Lipinski definition) is 8. The second-order valence-corrected chi connectivity index (χ2v) is 7.77. The fourth-order valence-electron chi connectivity index (χ4n) is 4.64. The second kappa shape index (κ2) is 13.4. The van der Waals surface area contributed by atoms with E-state index in [1.807, 2.05) is 0 Å². The Labute approximate surface area is 187 Å². The summed E-state index contributed by atoms with van der Waals surface area (Å²) in [5.74, 6) is 0.875. The third-order valence-electron chi connectivity index (χ3n) is 5.95. The summed E-state index contributed by atoms with van der Waals surface area (Å²) in [6.07, 6.45) is 5.22. The van der Waals surface area contributed by atoms with E-state index in [1.54, 1.807) is 0 Å². The molecule has 10 heteroatoms. The monoisotopic (exact) mass is 452 g/mol. The van der Waals surface area contributed by atoms with E-state index in [0.717, 1.165) is 31.4 Å². The summed E-state index contributed by atoms with van der Waals surface area (Å²) in [6.45, 7) is 7.57. The van der Waals surface area contributed by atoms with E-state index in [9.17, 15) is 19.2 Å². The molecule has 2 fully saturated rings. The molecule has 10 nitrogen and oxygen atoms in total. The molecule has 0 heterocycles. The molecule has 2 bridgehead atoms. The highest BCUT2D eigenvalue weighted by Crippen LogP contribution is 2.53. The fourth-order valence-corrected chi connectivity index (χ4v) is 4.64. The summed E-state index contributed by atoms with van der Waals surface area (Å²) in [5.41, 5.74) is 0. The third-order valence-corrected chi connectivity index (χ3v) is 5.95. The van der Waals surface area contributed by atoms with Crippen LogP contribution in [0.3, 0.4) is 0 Å². The third kappa shape index (κ3) is 8.24. The zero-order valence-electron chi connectivity index (χ0n) is 18.2. The molecular formula is C22H32N2O8. The van der Waals surface area contributed by atoms with Gasteiger partial charge in [0.05, 0.1) is 0 Å². The number of ether oxygens (including phenoxy) is 4. The number of carbonyl (C=O) groups is 4. The first kappa shape index (κ1) is 25.2. The second-order valence-electron chi connectivity index (χ2n) is 7.77. The Bertz CT molecular complexity index is 695. The quantitative estimate of drug-likeness (QED) is 0.188. The van der Waals surface area contributed by atoms with Gasteiger partial charge in [-0.3, -0.25) is 0 Å². The standard InChI is InChI=1S/C22H32N2O8/c1-3-19(25)29-9-11-31-21(27)23-8-7-18-15-5-6-17(18)16(13-15)14-24-22(28)32-12-10-30-20(26)4-2/h3-4,15-18H,1-2,5-14H2,(H,23,27)(H,24,28)/t15?,16-,17?,18?/m0/s1. The Hall–Kier alpha value is -3.04. The predicted octanol–water partition coefficient (Wildman–Crippen LogP) is 1.95. The maximum atomic E-state index is 11.8. The number of carbonyl (C=O) groups excluding carboxylic acids is 4. The van der Waals surface area contributed by atoms with E-state index >= 15 is 0 Å². The molecular weight excluding hydrogens is 420 g/mol. The van der Waals surface area contributed by atoms with Crippen molar-refractivity contribution in [2.75, 3.05) is 39.5 Å². The van der Waals surface area contributed by atoms with Crippen molar-refractivity contribution in [3.63, 3.8) is 0 Å². The van der Waals surface area contributed by atoms with Gasteiger partial charge in [-0.2, -0.15) is 0 Å². The first-order valence-corrected chi connectivity index (χ1v) is 10.8. The Morgan fingerprint density at radius 1 is 0.812 bits per heavy atom. The van der Waals surface area contributed by atoms with Crippen molar-refractivity contribution in [1.82, 2.24) is 10.6 Å². The van der Waals surface area contributed by atoms with Gasteiger partial charge in [0.2, 0.25) is 0 Å². The van der Waals surface area contributed by atoms with Crippen molar-refractivity contribution in [3.05, 3.63) is 25.3 Å². The van der Waals surface area contributed by atoms with Gasteiger partial charge in [0.15, 0.2) is 0 Å². The van der Waals surface area contributed by atoms with Gasteiger partial charge < -0.3 is 29.6 Å². The zero-order valence-corrected chi connectivity index (χ0v) is 18.2. The maximum Gasteiger partial charge on any atom is 0.407 e. The van der Waals surface area contributed by atoms with E-state index in [0.29, 0.717) is 36.8 Å². The van der Waals surface area contributed by atoms with Crippen LogP contribution < -0.4 is 10.6 Å². The van der Waals surface area contributed by atoms with E-state index < -0.39 is 24.1 Å². The molecule has 2 saturated carbocycles. The number of alkyl carbamates (subject to hydrolysis) is 2. The number of esters is 2. The van der Waals surface area contributed by atoms with Crippen LogP contribution in [-0.4, -0.2) is 63.6 Å². The highest BCUT2D eigenvalue weighted by Gasteiger charge is 2.47. The number of fused-ring (bicyclic) bond motifs is 2. The summed E-state index contributed by atoms with van der Waals surface area (Å²) in [4.78, 5) is 45.4.